The van der Waals surface area contributed by atoms with Crippen LogP contribution < -0.4 is 9.30 Å². The van der Waals surface area contributed by atoms with Crippen LogP contribution in [-0.4, -0.2) is 14.1 Å². The second-order valence-electron chi connectivity index (χ2n) is 14.7. The monoisotopic (exact) mass is 965 g/mol. The molecule has 0 saturated carbocycles. The summed E-state index contributed by atoms with van der Waals surface area (Å²) in [5.74, 6) is 1.55. The smallest absolute Gasteiger partial charge is 0.267 e. The summed E-state index contributed by atoms with van der Waals surface area (Å²) in [7, 11) is 0. The first-order valence-corrected chi connectivity index (χ1v) is 19.1. The number of aromatic nitrogens is 4. The molecule has 6 heteroatoms. The second-order valence-corrected chi connectivity index (χ2v) is 14.7. The predicted molar refractivity (Wildman–Crippen MR) is 237 cm³/mol. The maximum atomic E-state index is 8.85. The Morgan fingerprint density at radius 2 is 1.38 bits per heavy atom. The van der Waals surface area contributed by atoms with Gasteiger partial charge in [0, 0.05) is 56.7 Å². The molecular formula is C54H40N4OPt-2. The average Bonchev–Trinajstić information content (AvgIpc) is 3.98. The molecule has 0 saturated heterocycles. The first-order chi connectivity index (χ1) is 33.1. The van der Waals surface area contributed by atoms with Gasteiger partial charge in [0.25, 0.3) is 6.33 Å². The van der Waals surface area contributed by atoms with Gasteiger partial charge in [0.1, 0.15) is 5.82 Å². The normalized spacial score (nSPS) is 13.8. The number of hydrogen-bond acceptors (Lipinski definition) is 2. The molecule has 0 amide bonds. The average molecular weight is 966 g/mol. The van der Waals surface area contributed by atoms with Gasteiger partial charge in [-0.05, 0) is 74.5 Å². The van der Waals surface area contributed by atoms with Gasteiger partial charge in [0.15, 0.2) is 0 Å². The van der Waals surface area contributed by atoms with Crippen molar-refractivity contribution in [1.82, 2.24) is 14.1 Å². The number of benzene rings is 7. The van der Waals surface area contributed by atoms with Crippen molar-refractivity contribution in [3.05, 3.63) is 224 Å². The Balaban J connectivity index is 0.00000608. The van der Waals surface area contributed by atoms with Crippen LogP contribution in [0.25, 0.3) is 61.3 Å². The Bertz CT molecular complexity index is 3540. The van der Waals surface area contributed by atoms with Gasteiger partial charge in [-0.3, -0.25) is 4.57 Å². The number of para-hydroxylation sites is 2. The SMILES string of the molecule is [2H]c1c([2H])c([2H])c(-c2cccc(-c3c([2H])c([2H])c([2H])c([2H])c3[2H])c2-[n+]2[c-]n(-c3[c-]c(Oc4[c-]c5c(cc4)c4ccccc4n5-c4cc(CC(C)(C)c5ccccc5)ccn4)ccc3)cc2)c([2H])c1[2H].[Pt]. The molecule has 0 bridgehead atoms. The number of hydrogen-bond donors (Lipinski definition) is 0. The fourth-order valence-electron chi connectivity index (χ4n) is 7.67. The van der Waals surface area contributed by atoms with E-state index in [1.54, 1.807) is 53.4 Å². The number of nitrogens with zero attached hydrogens (tertiary/aromatic N) is 4. The molecule has 3 aromatic heterocycles. The quantitative estimate of drug-likeness (QED) is 0.101. The molecule has 0 N–H and O–H groups in total. The minimum Gasteiger partial charge on any atom is -0.510 e. The summed E-state index contributed by atoms with van der Waals surface area (Å²) in [6, 6.07) is 38.3. The zero-order valence-corrected chi connectivity index (χ0v) is 34.7. The van der Waals surface area contributed by atoms with E-state index in [0.29, 0.717) is 17.2 Å². The summed E-state index contributed by atoms with van der Waals surface area (Å²) in [6.07, 6.45) is 9.16. The standard InChI is InChI=1S/C54H40N4O.Pt/c1-54(2,42-20-10-5-11-21-42)37-39-30-31-55-52(34-39)58-50-27-13-12-24-48(50)49-29-28-45(36-51(49)58)59-44-23-14-22-43(35-44)56-32-33-57(38-56)53-46(40-16-6-3-7-17-40)25-15-26-47(53)41-18-8-4-9-19-41;/h3-34H,37H2,1-2H3;/q-2;/i3D,4D,6D,7D,8D,9D,16D,17D,18D,19D;. The molecule has 7 aromatic carbocycles. The fourth-order valence-corrected chi connectivity index (χ4v) is 7.67. The molecule has 0 unspecified atom stereocenters. The maximum Gasteiger partial charge on any atom is 0.267 e. The molecular weight excluding hydrogens is 916 g/mol. The van der Waals surface area contributed by atoms with E-state index >= 15 is 0 Å². The van der Waals surface area contributed by atoms with E-state index in [4.69, 9.17) is 23.4 Å². The van der Waals surface area contributed by atoms with E-state index < -0.39 is 60.4 Å². The molecule has 0 atom stereocenters. The molecule has 60 heavy (non-hydrogen) atoms. The molecule has 0 spiro atoms. The van der Waals surface area contributed by atoms with Crippen LogP contribution in [-0.2, 0) is 32.9 Å². The number of imidazole rings is 1. The fraction of sp³-hybridized carbons (Fsp3) is 0.0741. The molecule has 3 heterocycles. The van der Waals surface area contributed by atoms with Crippen molar-refractivity contribution in [2.24, 2.45) is 0 Å². The van der Waals surface area contributed by atoms with Crippen LogP contribution in [0.4, 0.5) is 0 Å². The minimum absolute atomic E-state index is 0. The van der Waals surface area contributed by atoms with E-state index in [2.05, 4.69) is 85.4 Å². The summed E-state index contributed by atoms with van der Waals surface area (Å²) < 4.78 is 97.3. The summed E-state index contributed by atoms with van der Waals surface area (Å²) in [4.78, 5) is 4.85. The molecule has 294 valence electrons. The van der Waals surface area contributed by atoms with E-state index in [9.17, 15) is 0 Å². The van der Waals surface area contributed by atoms with Crippen molar-refractivity contribution in [3.63, 3.8) is 0 Å². The van der Waals surface area contributed by atoms with E-state index in [1.165, 1.54) is 10.1 Å². The van der Waals surface area contributed by atoms with Crippen molar-refractivity contribution in [2.75, 3.05) is 0 Å². The summed E-state index contributed by atoms with van der Waals surface area (Å²) in [5, 5.41) is 2.02. The molecule has 0 aliphatic heterocycles. The van der Waals surface area contributed by atoms with Crippen LogP contribution in [0.5, 0.6) is 11.5 Å². The Hall–Kier alpha value is -6.81. The summed E-state index contributed by atoms with van der Waals surface area (Å²) in [6.45, 7) is 4.49. The number of ether oxygens (including phenoxy) is 1. The van der Waals surface area contributed by atoms with Gasteiger partial charge in [-0.2, -0.15) is 18.2 Å². The Labute approximate surface area is 379 Å². The molecule has 0 radical (unpaired) electrons. The number of fused-ring (bicyclic) bond motifs is 3. The largest absolute Gasteiger partial charge is 0.510 e. The van der Waals surface area contributed by atoms with E-state index in [1.807, 2.05) is 36.5 Å². The van der Waals surface area contributed by atoms with Crippen molar-refractivity contribution < 1.29 is 44.1 Å². The molecule has 0 aliphatic carbocycles. The Morgan fingerprint density at radius 1 is 0.700 bits per heavy atom. The van der Waals surface area contributed by atoms with Crippen LogP contribution in [0.2, 0.25) is 0 Å². The summed E-state index contributed by atoms with van der Waals surface area (Å²) in [5.41, 5.74) is 4.72. The number of rotatable bonds is 10. The molecule has 0 aliphatic rings. The van der Waals surface area contributed by atoms with Gasteiger partial charge in [-0.1, -0.05) is 147 Å². The molecule has 5 nitrogen and oxygen atoms in total. The van der Waals surface area contributed by atoms with Gasteiger partial charge >= 0.3 is 0 Å². The Morgan fingerprint density at radius 3 is 2.13 bits per heavy atom. The second kappa shape index (κ2) is 16.4. The van der Waals surface area contributed by atoms with Gasteiger partial charge in [-0.15, -0.1) is 29.7 Å². The maximum absolute atomic E-state index is 8.85. The van der Waals surface area contributed by atoms with Crippen molar-refractivity contribution >= 4 is 21.8 Å². The zero-order valence-electron chi connectivity index (χ0n) is 42.4. The van der Waals surface area contributed by atoms with Crippen molar-refractivity contribution in [2.45, 2.75) is 25.7 Å². The Kier molecular flexibility index (Phi) is 7.83. The minimum atomic E-state index is -0.568. The molecule has 10 aromatic rings. The van der Waals surface area contributed by atoms with Gasteiger partial charge in [0.05, 0.1) is 19.4 Å². The molecule has 10 rings (SSSR count). The third-order valence-electron chi connectivity index (χ3n) is 10.4. The van der Waals surface area contributed by atoms with Gasteiger partial charge < -0.3 is 13.9 Å². The first kappa shape index (κ1) is 28.6. The van der Waals surface area contributed by atoms with E-state index in [0.717, 1.165) is 39.6 Å². The number of pyridine rings is 1. The van der Waals surface area contributed by atoms with Crippen LogP contribution in [0, 0.1) is 18.5 Å². The third-order valence-corrected chi connectivity index (χ3v) is 10.4. The van der Waals surface area contributed by atoms with Crippen LogP contribution in [0.3, 0.4) is 0 Å². The summed E-state index contributed by atoms with van der Waals surface area (Å²) >= 11 is 0. The van der Waals surface area contributed by atoms with Crippen LogP contribution in [0.1, 0.15) is 38.7 Å². The molecule has 0 fully saturated rings. The van der Waals surface area contributed by atoms with Crippen LogP contribution in [0.15, 0.2) is 194 Å². The van der Waals surface area contributed by atoms with Crippen LogP contribution >= 0.6 is 0 Å². The van der Waals surface area contributed by atoms with E-state index in [-0.39, 0.29) is 54.4 Å². The van der Waals surface area contributed by atoms with Crippen molar-refractivity contribution in [3.8, 4) is 50.9 Å². The zero-order chi connectivity index (χ0) is 48.5. The van der Waals surface area contributed by atoms with Crippen molar-refractivity contribution in [1.29, 1.82) is 0 Å². The predicted octanol–water partition coefficient (Wildman–Crippen LogP) is 12.3. The third kappa shape index (κ3) is 7.49. The first-order valence-electron chi connectivity index (χ1n) is 24.1. The van der Waals surface area contributed by atoms with Gasteiger partial charge in [0.2, 0.25) is 0 Å². The topological polar surface area (TPSA) is 35.9 Å². The van der Waals surface area contributed by atoms with Gasteiger partial charge in [-0.25, -0.2) is 4.98 Å².